The molecular formula is C15H11BrN2O2. The highest BCUT2D eigenvalue weighted by atomic mass is 79.9. The molecule has 0 saturated heterocycles. The Morgan fingerprint density at radius 3 is 2.90 bits per heavy atom. The fourth-order valence-corrected chi connectivity index (χ4v) is 1.84. The number of aromatic nitrogens is 1. The second-order valence-electron chi connectivity index (χ2n) is 3.83. The summed E-state index contributed by atoms with van der Waals surface area (Å²) in [5.41, 5.74) is 0.432. The number of pyridine rings is 1. The van der Waals surface area contributed by atoms with Crippen molar-refractivity contribution in [1.82, 2.24) is 10.3 Å². The van der Waals surface area contributed by atoms with Gasteiger partial charge in [0.05, 0.1) is 12.1 Å². The predicted molar refractivity (Wildman–Crippen MR) is 79.6 cm³/mol. The van der Waals surface area contributed by atoms with Gasteiger partial charge in [0.25, 0.3) is 5.91 Å². The van der Waals surface area contributed by atoms with Crippen molar-refractivity contribution < 1.29 is 9.53 Å². The first kappa shape index (κ1) is 14.1. The van der Waals surface area contributed by atoms with Crippen LogP contribution in [0.2, 0.25) is 0 Å². The number of rotatable bonds is 4. The Balaban J connectivity index is 2.05. The van der Waals surface area contributed by atoms with E-state index in [2.05, 4.69) is 32.2 Å². The Kier molecular flexibility index (Phi) is 4.75. The average Bonchev–Trinajstić information content (AvgIpc) is 2.45. The van der Waals surface area contributed by atoms with Crippen LogP contribution in [0.1, 0.15) is 10.4 Å². The zero-order chi connectivity index (χ0) is 14.4. The van der Waals surface area contributed by atoms with Crippen molar-refractivity contribution in [1.29, 1.82) is 0 Å². The Hall–Kier alpha value is -2.32. The topological polar surface area (TPSA) is 51.2 Å². The maximum absolute atomic E-state index is 11.6. The number of amides is 1. The Morgan fingerprint density at radius 2 is 2.25 bits per heavy atom. The maximum Gasteiger partial charge on any atom is 0.253 e. The molecule has 20 heavy (non-hydrogen) atoms. The summed E-state index contributed by atoms with van der Waals surface area (Å²) in [5.74, 6) is 3.15. The van der Waals surface area contributed by atoms with E-state index in [-0.39, 0.29) is 12.5 Å². The van der Waals surface area contributed by atoms with Gasteiger partial charge in [-0.05, 0) is 24.3 Å². The van der Waals surface area contributed by atoms with Gasteiger partial charge < -0.3 is 10.1 Å². The average molecular weight is 331 g/mol. The van der Waals surface area contributed by atoms with Gasteiger partial charge >= 0.3 is 0 Å². The highest BCUT2D eigenvalue weighted by Crippen LogP contribution is 2.22. The van der Waals surface area contributed by atoms with Gasteiger partial charge in [-0.1, -0.05) is 27.9 Å². The molecule has 2 rings (SSSR count). The quantitative estimate of drug-likeness (QED) is 0.877. The summed E-state index contributed by atoms with van der Waals surface area (Å²) in [6.07, 6.45) is 6.52. The Bertz CT molecular complexity index is 648. The molecule has 5 heteroatoms. The number of ether oxygens (including phenoxy) is 1. The molecule has 0 atom stereocenters. The third-order valence-electron chi connectivity index (χ3n) is 2.37. The van der Waals surface area contributed by atoms with Crippen molar-refractivity contribution >= 4 is 21.8 Å². The first-order chi connectivity index (χ1) is 9.69. The van der Waals surface area contributed by atoms with Crippen LogP contribution in [0.5, 0.6) is 11.6 Å². The van der Waals surface area contributed by atoms with E-state index in [1.807, 2.05) is 24.3 Å². The number of carbonyl (C=O) groups excluding carboxylic acids is 1. The number of benzene rings is 1. The Labute approximate surface area is 125 Å². The van der Waals surface area contributed by atoms with Crippen LogP contribution in [-0.4, -0.2) is 17.4 Å². The predicted octanol–water partition coefficient (Wildman–Crippen LogP) is 3.00. The molecule has 0 fully saturated rings. The van der Waals surface area contributed by atoms with Gasteiger partial charge in [0, 0.05) is 16.7 Å². The lowest BCUT2D eigenvalue weighted by Gasteiger charge is -2.06. The van der Waals surface area contributed by atoms with Crippen molar-refractivity contribution in [2.75, 3.05) is 6.54 Å². The molecule has 0 bridgehead atoms. The summed E-state index contributed by atoms with van der Waals surface area (Å²) in [4.78, 5) is 15.7. The smallest absolute Gasteiger partial charge is 0.253 e. The molecule has 1 N–H and O–H groups in total. The standard InChI is InChI=1S/C15H11BrN2O2/c1-2-8-17-15(19)11-6-7-14(18-10-11)20-13-5-3-4-12(16)9-13/h1,3-7,9-10H,8H2,(H,17,19). The number of carbonyl (C=O) groups is 1. The van der Waals surface area contributed by atoms with Crippen molar-refractivity contribution in [2.24, 2.45) is 0 Å². The Morgan fingerprint density at radius 1 is 1.40 bits per heavy atom. The minimum absolute atomic E-state index is 0.190. The number of nitrogens with one attached hydrogen (secondary N) is 1. The van der Waals surface area contributed by atoms with Crippen molar-refractivity contribution in [3.63, 3.8) is 0 Å². The third-order valence-corrected chi connectivity index (χ3v) is 2.86. The minimum Gasteiger partial charge on any atom is -0.439 e. The summed E-state index contributed by atoms with van der Waals surface area (Å²) in [6, 6.07) is 10.7. The molecule has 100 valence electrons. The van der Waals surface area contributed by atoms with Crippen LogP contribution >= 0.6 is 15.9 Å². The zero-order valence-electron chi connectivity index (χ0n) is 10.5. The number of halogens is 1. The molecule has 0 unspecified atom stereocenters. The number of hydrogen-bond donors (Lipinski definition) is 1. The monoisotopic (exact) mass is 330 g/mol. The van der Waals surface area contributed by atoms with Crippen LogP contribution in [0.15, 0.2) is 47.1 Å². The molecule has 0 saturated carbocycles. The first-order valence-electron chi connectivity index (χ1n) is 5.80. The lowest BCUT2D eigenvalue weighted by Crippen LogP contribution is -2.23. The van der Waals surface area contributed by atoms with Gasteiger partial charge in [-0.25, -0.2) is 4.98 Å². The third kappa shape index (κ3) is 3.84. The molecule has 0 aliphatic carbocycles. The van der Waals surface area contributed by atoms with E-state index < -0.39 is 0 Å². The van der Waals surface area contributed by atoms with Crippen LogP contribution in [0.4, 0.5) is 0 Å². The molecule has 1 aromatic heterocycles. The van der Waals surface area contributed by atoms with E-state index in [9.17, 15) is 4.79 Å². The lowest BCUT2D eigenvalue weighted by molar-refractivity contribution is 0.0958. The van der Waals surface area contributed by atoms with Crippen LogP contribution in [0.3, 0.4) is 0 Å². The van der Waals surface area contributed by atoms with Gasteiger partial charge in [-0.15, -0.1) is 6.42 Å². The highest BCUT2D eigenvalue weighted by molar-refractivity contribution is 9.10. The molecule has 1 heterocycles. The van der Waals surface area contributed by atoms with Gasteiger partial charge in [0.1, 0.15) is 5.75 Å². The van der Waals surface area contributed by atoms with Gasteiger partial charge in [-0.3, -0.25) is 4.79 Å². The van der Waals surface area contributed by atoms with E-state index in [0.717, 1.165) is 4.47 Å². The maximum atomic E-state index is 11.6. The van der Waals surface area contributed by atoms with Crippen molar-refractivity contribution in [3.8, 4) is 24.0 Å². The van der Waals surface area contributed by atoms with Crippen LogP contribution < -0.4 is 10.1 Å². The van der Waals surface area contributed by atoms with Gasteiger partial charge in [0.15, 0.2) is 0 Å². The summed E-state index contributed by atoms with van der Waals surface area (Å²) < 4.78 is 6.49. The largest absolute Gasteiger partial charge is 0.439 e. The molecule has 0 aliphatic rings. The van der Waals surface area contributed by atoms with Crippen molar-refractivity contribution in [2.45, 2.75) is 0 Å². The summed E-state index contributed by atoms with van der Waals surface area (Å²) in [5, 5.41) is 2.56. The molecule has 0 spiro atoms. The highest BCUT2D eigenvalue weighted by Gasteiger charge is 2.06. The fourth-order valence-electron chi connectivity index (χ4n) is 1.46. The van der Waals surface area contributed by atoms with E-state index in [4.69, 9.17) is 11.2 Å². The normalized spacial score (nSPS) is 9.60. The first-order valence-corrected chi connectivity index (χ1v) is 6.59. The lowest BCUT2D eigenvalue weighted by atomic mass is 10.2. The van der Waals surface area contributed by atoms with Crippen molar-refractivity contribution in [3.05, 3.63) is 52.6 Å². The van der Waals surface area contributed by atoms with Crippen LogP contribution in [-0.2, 0) is 0 Å². The van der Waals surface area contributed by atoms with E-state index >= 15 is 0 Å². The number of nitrogens with zero attached hydrogens (tertiary/aromatic N) is 1. The SMILES string of the molecule is C#CCNC(=O)c1ccc(Oc2cccc(Br)c2)nc1. The summed E-state index contributed by atoms with van der Waals surface area (Å²) in [6.45, 7) is 0.190. The molecule has 0 radical (unpaired) electrons. The second-order valence-corrected chi connectivity index (χ2v) is 4.75. The van der Waals surface area contributed by atoms with E-state index in [1.54, 1.807) is 12.1 Å². The van der Waals surface area contributed by atoms with Gasteiger partial charge in [-0.2, -0.15) is 0 Å². The summed E-state index contributed by atoms with van der Waals surface area (Å²) >= 11 is 3.36. The molecule has 4 nitrogen and oxygen atoms in total. The number of terminal acetylenes is 1. The summed E-state index contributed by atoms with van der Waals surface area (Å²) in [7, 11) is 0. The van der Waals surface area contributed by atoms with Gasteiger partial charge in [0.2, 0.25) is 5.88 Å². The van der Waals surface area contributed by atoms with E-state index in [0.29, 0.717) is 17.2 Å². The van der Waals surface area contributed by atoms with Crippen LogP contribution in [0, 0.1) is 12.3 Å². The zero-order valence-corrected chi connectivity index (χ0v) is 12.1. The molecule has 1 aromatic carbocycles. The minimum atomic E-state index is -0.260. The van der Waals surface area contributed by atoms with Crippen LogP contribution in [0.25, 0.3) is 0 Å². The number of hydrogen-bond acceptors (Lipinski definition) is 3. The molecule has 1 amide bonds. The second kappa shape index (κ2) is 6.73. The molecule has 0 aliphatic heterocycles. The van der Waals surface area contributed by atoms with E-state index in [1.165, 1.54) is 6.20 Å². The fraction of sp³-hybridized carbons (Fsp3) is 0.0667. The molecular weight excluding hydrogens is 320 g/mol. The molecule has 2 aromatic rings.